The Hall–Kier alpha value is -2.38. The number of carbonyl (C=O) groups excluding carboxylic acids is 1. The zero-order valence-corrected chi connectivity index (χ0v) is 11.1. The van der Waals surface area contributed by atoms with Crippen LogP contribution in [0.1, 0.15) is 34.8 Å². The second-order valence-electron chi connectivity index (χ2n) is 3.56. The normalized spacial score (nSPS) is 9.84. The van der Waals surface area contributed by atoms with Crippen LogP contribution in [0.25, 0.3) is 0 Å². The standard InChI is InChI=1S/C11H17N5O3/c1-4-13-9-6(10(17)14-5-2)15-7(11(18)19)8(12-3)16-9/h4-5H2,1-3H3,(H,14,17)(H,18,19)(H2,12,13,16). The minimum atomic E-state index is -1.24. The van der Waals surface area contributed by atoms with Crippen LogP contribution >= 0.6 is 0 Å². The molecule has 1 amide bonds. The molecule has 1 aromatic rings. The summed E-state index contributed by atoms with van der Waals surface area (Å²) in [6.07, 6.45) is 0. The number of rotatable bonds is 6. The molecule has 0 spiro atoms. The number of hydrogen-bond donors (Lipinski definition) is 4. The Morgan fingerprint density at radius 3 is 2.26 bits per heavy atom. The van der Waals surface area contributed by atoms with Gasteiger partial charge in [-0.1, -0.05) is 0 Å². The molecule has 19 heavy (non-hydrogen) atoms. The van der Waals surface area contributed by atoms with Gasteiger partial charge in [-0.05, 0) is 13.8 Å². The van der Waals surface area contributed by atoms with Gasteiger partial charge in [0.15, 0.2) is 23.0 Å². The predicted octanol–water partition coefficient (Wildman–Crippen LogP) is 0.398. The fraction of sp³-hybridized carbons (Fsp3) is 0.455. The highest BCUT2D eigenvalue weighted by Gasteiger charge is 2.21. The van der Waals surface area contributed by atoms with E-state index in [0.29, 0.717) is 13.1 Å². The molecule has 0 aliphatic rings. The van der Waals surface area contributed by atoms with Gasteiger partial charge in [0.05, 0.1) is 0 Å². The molecule has 0 saturated heterocycles. The Balaban J connectivity index is 3.36. The average Bonchev–Trinajstić information content (AvgIpc) is 2.38. The first-order valence-corrected chi connectivity index (χ1v) is 5.90. The van der Waals surface area contributed by atoms with Crippen molar-refractivity contribution in [2.45, 2.75) is 13.8 Å². The second-order valence-corrected chi connectivity index (χ2v) is 3.56. The molecule has 0 aliphatic carbocycles. The second kappa shape index (κ2) is 6.53. The summed E-state index contributed by atoms with van der Waals surface area (Å²) in [5.74, 6) is -1.35. The first-order chi connectivity index (χ1) is 9.04. The van der Waals surface area contributed by atoms with E-state index in [0.717, 1.165) is 0 Å². The first kappa shape index (κ1) is 14.7. The van der Waals surface area contributed by atoms with E-state index in [4.69, 9.17) is 5.11 Å². The van der Waals surface area contributed by atoms with E-state index >= 15 is 0 Å². The van der Waals surface area contributed by atoms with Gasteiger partial charge in [0.2, 0.25) is 0 Å². The van der Waals surface area contributed by atoms with Crippen molar-refractivity contribution in [3.8, 4) is 0 Å². The molecule has 0 aliphatic heterocycles. The molecule has 0 fully saturated rings. The number of nitrogens with one attached hydrogen (secondary N) is 3. The third-order valence-corrected chi connectivity index (χ3v) is 2.23. The minimum Gasteiger partial charge on any atom is -0.476 e. The summed E-state index contributed by atoms with van der Waals surface area (Å²) in [6, 6.07) is 0. The van der Waals surface area contributed by atoms with Gasteiger partial charge in [-0.25, -0.2) is 14.8 Å². The highest BCUT2D eigenvalue weighted by atomic mass is 16.4. The lowest BCUT2D eigenvalue weighted by molar-refractivity contribution is 0.0691. The van der Waals surface area contributed by atoms with Gasteiger partial charge in [-0.2, -0.15) is 0 Å². The Morgan fingerprint density at radius 2 is 1.79 bits per heavy atom. The van der Waals surface area contributed by atoms with Crippen molar-refractivity contribution in [3.05, 3.63) is 11.4 Å². The van der Waals surface area contributed by atoms with Crippen molar-refractivity contribution in [2.24, 2.45) is 0 Å². The van der Waals surface area contributed by atoms with Crippen molar-refractivity contribution < 1.29 is 14.7 Å². The van der Waals surface area contributed by atoms with Crippen LogP contribution in [-0.2, 0) is 0 Å². The predicted molar refractivity (Wildman–Crippen MR) is 70.7 cm³/mol. The molecule has 1 rings (SSSR count). The van der Waals surface area contributed by atoms with Crippen LogP contribution in [0.4, 0.5) is 11.6 Å². The molecular formula is C11H17N5O3. The fourth-order valence-corrected chi connectivity index (χ4v) is 1.45. The number of anilines is 2. The number of carbonyl (C=O) groups is 2. The summed E-state index contributed by atoms with van der Waals surface area (Å²) in [5, 5.41) is 17.2. The monoisotopic (exact) mass is 267 g/mol. The number of aromatic carboxylic acids is 1. The van der Waals surface area contributed by atoms with Crippen LogP contribution in [0, 0.1) is 0 Å². The minimum absolute atomic E-state index is 0.0277. The molecule has 1 aromatic heterocycles. The largest absolute Gasteiger partial charge is 0.476 e. The van der Waals surface area contributed by atoms with Crippen molar-refractivity contribution >= 4 is 23.5 Å². The van der Waals surface area contributed by atoms with E-state index in [-0.39, 0.29) is 23.0 Å². The Bertz CT molecular complexity index is 489. The summed E-state index contributed by atoms with van der Waals surface area (Å²) in [6.45, 7) is 4.56. The van der Waals surface area contributed by atoms with Crippen LogP contribution in [0.3, 0.4) is 0 Å². The SMILES string of the molecule is CCNC(=O)c1nc(C(=O)O)c(NC)nc1NCC. The molecule has 8 heteroatoms. The smallest absolute Gasteiger partial charge is 0.358 e. The highest BCUT2D eigenvalue weighted by molar-refractivity contribution is 5.99. The van der Waals surface area contributed by atoms with Gasteiger partial charge in [0.25, 0.3) is 5.91 Å². The molecule has 0 atom stereocenters. The Morgan fingerprint density at radius 1 is 1.11 bits per heavy atom. The number of nitrogens with zero attached hydrogens (tertiary/aromatic N) is 2. The molecule has 8 nitrogen and oxygen atoms in total. The van der Waals surface area contributed by atoms with Crippen LogP contribution < -0.4 is 16.0 Å². The average molecular weight is 267 g/mol. The Labute approximate surface area is 110 Å². The quantitative estimate of drug-likeness (QED) is 0.589. The van der Waals surface area contributed by atoms with Gasteiger partial charge in [0.1, 0.15) is 0 Å². The van der Waals surface area contributed by atoms with Crippen LogP contribution in [-0.4, -0.2) is 47.1 Å². The van der Waals surface area contributed by atoms with Crippen LogP contribution in [0.2, 0.25) is 0 Å². The number of amides is 1. The lowest BCUT2D eigenvalue weighted by atomic mass is 10.3. The Kier molecular flexibility index (Phi) is 5.04. The van der Waals surface area contributed by atoms with E-state index in [9.17, 15) is 9.59 Å². The zero-order chi connectivity index (χ0) is 14.4. The molecule has 0 radical (unpaired) electrons. The van der Waals surface area contributed by atoms with E-state index < -0.39 is 11.9 Å². The molecule has 0 bridgehead atoms. The molecule has 4 N–H and O–H groups in total. The number of carboxylic acids is 1. The molecule has 104 valence electrons. The number of hydrogen-bond acceptors (Lipinski definition) is 6. The molecule has 0 aromatic carbocycles. The summed E-state index contributed by atoms with van der Waals surface area (Å²) in [4.78, 5) is 30.9. The van der Waals surface area contributed by atoms with Crippen molar-refractivity contribution in [2.75, 3.05) is 30.8 Å². The fourth-order valence-electron chi connectivity index (χ4n) is 1.45. The molecule has 0 saturated carbocycles. The topological polar surface area (TPSA) is 116 Å². The highest BCUT2D eigenvalue weighted by Crippen LogP contribution is 2.18. The van der Waals surface area contributed by atoms with E-state index in [1.165, 1.54) is 7.05 Å². The molecule has 1 heterocycles. The van der Waals surface area contributed by atoms with Gasteiger partial charge in [0, 0.05) is 20.1 Å². The third kappa shape index (κ3) is 3.30. The van der Waals surface area contributed by atoms with Crippen LogP contribution in [0.5, 0.6) is 0 Å². The maximum absolute atomic E-state index is 11.8. The number of carboxylic acid groups (broad SMARTS) is 1. The van der Waals surface area contributed by atoms with Crippen molar-refractivity contribution in [3.63, 3.8) is 0 Å². The van der Waals surface area contributed by atoms with Crippen molar-refractivity contribution in [1.29, 1.82) is 0 Å². The van der Waals surface area contributed by atoms with E-state index in [1.807, 2.05) is 6.92 Å². The van der Waals surface area contributed by atoms with Crippen LogP contribution in [0.15, 0.2) is 0 Å². The summed E-state index contributed by atoms with van der Waals surface area (Å²) < 4.78 is 0. The third-order valence-electron chi connectivity index (χ3n) is 2.23. The van der Waals surface area contributed by atoms with Gasteiger partial charge in [-0.3, -0.25) is 4.79 Å². The van der Waals surface area contributed by atoms with Crippen molar-refractivity contribution in [1.82, 2.24) is 15.3 Å². The van der Waals surface area contributed by atoms with Gasteiger partial charge >= 0.3 is 5.97 Å². The molecular weight excluding hydrogens is 250 g/mol. The van der Waals surface area contributed by atoms with E-state index in [1.54, 1.807) is 6.92 Å². The van der Waals surface area contributed by atoms with E-state index in [2.05, 4.69) is 25.9 Å². The molecule has 0 unspecified atom stereocenters. The zero-order valence-electron chi connectivity index (χ0n) is 11.1. The maximum atomic E-state index is 11.8. The van der Waals surface area contributed by atoms with Gasteiger partial charge < -0.3 is 21.1 Å². The lowest BCUT2D eigenvalue weighted by Crippen LogP contribution is -2.27. The number of aromatic nitrogens is 2. The first-order valence-electron chi connectivity index (χ1n) is 5.90. The summed E-state index contributed by atoms with van der Waals surface area (Å²) in [7, 11) is 1.54. The van der Waals surface area contributed by atoms with Gasteiger partial charge in [-0.15, -0.1) is 0 Å². The maximum Gasteiger partial charge on any atom is 0.358 e. The summed E-state index contributed by atoms with van der Waals surface area (Å²) in [5.41, 5.74) is -0.314. The lowest BCUT2D eigenvalue weighted by Gasteiger charge is -2.12. The summed E-state index contributed by atoms with van der Waals surface area (Å²) >= 11 is 0.